The summed E-state index contributed by atoms with van der Waals surface area (Å²) in [6, 6.07) is 0. The molecule has 0 bridgehead atoms. The number of unbranched alkanes of at least 4 members (excludes halogenated alkanes) is 2. The number of ether oxygens (including phenoxy) is 1. The Kier molecular flexibility index (Phi) is 14.6. The zero-order valence-electron chi connectivity index (χ0n) is 19.8. The fourth-order valence-corrected chi connectivity index (χ4v) is 4.15. The van der Waals surface area contributed by atoms with Crippen LogP contribution in [0.5, 0.6) is 0 Å². The highest BCUT2D eigenvalue weighted by molar-refractivity contribution is 8.13. The molecule has 0 aromatic carbocycles. The topological polar surface area (TPSA) is 129 Å². The van der Waals surface area contributed by atoms with Crippen LogP contribution < -0.4 is 0 Å². The highest BCUT2D eigenvalue weighted by Crippen LogP contribution is 2.36. The lowest BCUT2D eigenvalue weighted by Crippen LogP contribution is -2.51. The molecule has 0 aromatic rings. The standard InChI is InChI=1S/C16H32NO3.C2F6NO4S2/c1-6-8-10-17(5,11-9-7-2)12-15(18)13-20-16(19)14(3)4;3-1(4,5)14(10,11)9-15(12,13)2(6,7)8/h15,18H,3,6-13H2,1-2,4-5H3;/q+1;-1. The lowest BCUT2D eigenvalue weighted by Gasteiger charge is -2.36. The van der Waals surface area contributed by atoms with Gasteiger partial charge in [-0.25, -0.2) is 21.6 Å². The summed E-state index contributed by atoms with van der Waals surface area (Å²) in [7, 11) is -11.3. The number of esters is 1. The minimum atomic E-state index is -6.72. The van der Waals surface area contributed by atoms with Gasteiger partial charge in [-0.05, 0) is 19.8 Å². The number of aliphatic hydroxyl groups excluding tert-OH is 1. The quantitative estimate of drug-likeness (QED) is 0.156. The number of likely N-dealkylation sites (N-methyl/N-ethyl adjacent to an activating group) is 1. The van der Waals surface area contributed by atoms with Crippen molar-refractivity contribution in [2.24, 2.45) is 0 Å². The summed E-state index contributed by atoms with van der Waals surface area (Å²) >= 11 is 0. The van der Waals surface area contributed by atoms with Gasteiger partial charge in [-0.1, -0.05) is 33.3 Å². The van der Waals surface area contributed by atoms with Gasteiger partial charge in [-0.2, -0.15) is 26.3 Å². The van der Waals surface area contributed by atoms with E-state index in [2.05, 4.69) is 27.5 Å². The molecule has 0 saturated carbocycles. The summed E-state index contributed by atoms with van der Waals surface area (Å²) < 4.78 is 115. The number of carbonyl (C=O) groups excluding carboxylic acids is 1. The van der Waals surface area contributed by atoms with Crippen LogP contribution in [0, 0.1) is 0 Å². The number of halogens is 6. The second kappa shape index (κ2) is 14.3. The first-order valence-corrected chi connectivity index (χ1v) is 13.1. The van der Waals surface area contributed by atoms with Gasteiger partial charge in [0, 0.05) is 5.57 Å². The average Bonchev–Trinajstić information content (AvgIpc) is 2.67. The number of hydrogen-bond acceptors (Lipinski definition) is 7. The van der Waals surface area contributed by atoms with Crippen molar-refractivity contribution < 1.29 is 62.3 Å². The molecule has 0 heterocycles. The molecule has 17 heteroatoms. The first-order chi connectivity index (χ1) is 15.5. The van der Waals surface area contributed by atoms with Crippen molar-refractivity contribution in [2.75, 3.05) is 33.3 Å². The normalized spacial score (nSPS) is 14.0. The van der Waals surface area contributed by atoms with Crippen molar-refractivity contribution in [1.82, 2.24) is 0 Å². The maximum atomic E-state index is 11.4. The van der Waals surface area contributed by atoms with Crippen LogP contribution in [-0.2, 0) is 29.6 Å². The maximum absolute atomic E-state index is 11.4. The number of nitrogens with zero attached hydrogens (tertiary/aromatic N) is 2. The molecule has 0 aromatic heterocycles. The third-order valence-electron chi connectivity index (χ3n) is 4.29. The van der Waals surface area contributed by atoms with Crippen molar-refractivity contribution in [2.45, 2.75) is 63.6 Å². The number of hydrogen-bond donors (Lipinski definition) is 1. The summed E-state index contributed by atoms with van der Waals surface area (Å²) in [4.78, 5) is 11.3. The Morgan fingerprint density at radius 1 is 0.971 bits per heavy atom. The third-order valence-corrected chi connectivity index (χ3v) is 7.03. The Morgan fingerprint density at radius 3 is 1.63 bits per heavy atom. The monoisotopic (exact) mass is 566 g/mol. The molecule has 0 saturated heterocycles. The van der Waals surface area contributed by atoms with Gasteiger partial charge in [-0.3, -0.25) is 0 Å². The fraction of sp³-hybridized carbons (Fsp3) is 0.833. The second-order valence-electron chi connectivity index (χ2n) is 7.91. The molecule has 0 spiro atoms. The van der Waals surface area contributed by atoms with Gasteiger partial charge in [0.1, 0.15) is 19.3 Å². The largest absolute Gasteiger partial charge is 0.480 e. The highest BCUT2D eigenvalue weighted by atomic mass is 32.3. The number of sulfonamides is 2. The molecule has 9 nitrogen and oxygen atoms in total. The SMILES string of the molecule is C=C(C)C(=O)OCC(O)C[N+](C)(CCCC)CCCC.O=S(=O)([N-]S(=O)(=O)C(F)(F)F)C(F)(F)F. The van der Waals surface area contributed by atoms with E-state index in [4.69, 9.17) is 4.74 Å². The number of aliphatic hydroxyl groups is 1. The molecule has 0 fully saturated rings. The molecule has 1 unspecified atom stereocenters. The van der Waals surface area contributed by atoms with Crippen LogP contribution >= 0.6 is 0 Å². The van der Waals surface area contributed by atoms with Crippen LogP contribution in [-0.4, -0.2) is 82.8 Å². The molecule has 1 N–H and O–H groups in total. The van der Waals surface area contributed by atoms with Crippen molar-refractivity contribution >= 4 is 26.0 Å². The van der Waals surface area contributed by atoms with Crippen LogP contribution in [0.1, 0.15) is 46.5 Å². The van der Waals surface area contributed by atoms with Crippen molar-refractivity contribution in [1.29, 1.82) is 0 Å². The molecule has 0 aliphatic carbocycles. The second-order valence-corrected chi connectivity index (χ2v) is 11.3. The first kappa shape index (κ1) is 35.7. The van der Waals surface area contributed by atoms with Crippen LogP contribution in [0.25, 0.3) is 4.13 Å². The molecule has 0 aliphatic heterocycles. The van der Waals surface area contributed by atoms with Gasteiger partial charge in [-0.15, -0.1) is 0 Å². The van der Waals surface area contributed by atoms with Crippen molar-refractivity contribution in [3.8, 4) is 0 Å². The smallest absolute Gasteiger partial charge is 0.459 e. The molecule has 0 radical (unpaired) electrons. The summed E-state index contributed by atoms with van der Waals surface area (Å²) in [6.45, 7) is 12.3. The Bertz CT molecular complexity index is 838. The van der Waals surface area contributed by atoms with E-state index >= 15 is 0 Å². The zero-order chi connectivity index (χ0) is 28.3. The fourth-order valence-electron chi connectivity index (χ4n) is 2.44. The van der Waals surface area contributed by atoms with Crippen molar-refractivity contribution in [3.05, 3.63) is 16.3 Å². The van der Waals surface area contributed by atoms with Gasteiger partial charge >= 0.3 is 17.0 Å². The van der Waals surface area contributed by atoms with E-state index < -0.39 is 43.1 Å². The van der Waals surface area contributed by atoms with E-state index in [9.17, 15) is 53.1 Å². The van der Waals surface area contributed by atoms with E-state index in [1.807, 2.05) is 0 Å². The van der Waals surface area contributed by atoms with E-state index in [-0.39, 0.29) is 6.61 Å². The molecule has 1 atom stereocenters. The number of rotatable bonds is 13. The van der Waals surface area contributed by atoms with E-state index in [1.54, 1.807) is 6.92 Å². The molecular formula is C18H32F6N2O7S2. The van der Waals surface area contributed by atoms with Gasteiger partial charge in [0.05, 0.1) is 20.1 Å². The lowest BCUT2D eigenvalue weighted by atomic mass is 10.2. The summed E-state index contributed by atoms with van der Waals surface area (Å²) in [5, 5.41) is 10.1. The summed E-state index contributed by atoms with van der Waals surface area (Å²) in [6.07, 6.45) is 4.00. The Morgan fingerprint density at radius 2 is 1.34 bits per heavy atom. The molecule has 0 aliphatic rings. The van der Waals surface area contributed by atoms with Gasteiger partial charge < -0.3 is 18.5 Å². The number of quaternary nitrogens is 1. The molecule has 210 valence electrons. The van der Waals surface area contributed by atoms with E-state index in [0.29, 0.717) is 12.1 Å². The van der Waals surface area contributed by atoms with Gasteiger partial charge in [0.25, 0.3) is 0 Å². The first-order valence-electron chi connectivity index (χ1n) is 10.3. The van der Waals surface area contributed by atoms with Crippen LogP contribution in [0.3, 0.4) is 0 Å². The maximum Gasteiger partial charge on any atom is 0.480 e. The third kappa shape index (κ3) is 14.0. The van der Waals surface area contributed by atoms with Crippen molar-refractivity contribution in [3.63, 3.8) is 0 Å². The Hall–Kier alpha value is -1.43. The number of alkyl halides is 6. The zero-order valence-corrected chi connectivity index (χ0v) is 21.4. The highest BCUT2D eigenvalue weighted by Gasteiger charge is 2.46. The average molecular weight is 567 g/mol. The Balaban J connectivity index is 0. The predicted molar refractivity (Wildman–Crippen MR) is 116 cm³/mol. The van der Waals surface area contributed by atoms with Crippen LogP contribution in [0.2, 0.25) is 0 Å². The molecule has 0 amide bonds. The van der Waals surface area contributed by atoms with Gasteiger partial charge in [0.2, 0.25) is 0 Å². The molecular weight excluding hydrogens is 534 g/mol. The minimum Gasteiger partial charge on any atom is -0.459 e. The lowest BCUT2D eigenvalue weighted by molar-refractivity contribution is -0.913. The van der Waals surface area contributed by atoms with Crippen LogP contribution in [0.15, 0.2) is 12.2 Å². The van der Waals surface area contributed by atoms with E-state index in [0.717, 1.165) is 47.4 Å². The number of carbonyl (C=O) groups is 1. The summed E-state index contributed by atoms with van der Waals surface area (Å²) in [5.41, 5.74) is -12.0. The summed E-state index contributed by atoms with van der Waals surface area (Å²) in [5.74, 6) is -0.430. The van der Waals surface area contributed by atoms with Crippen LogP contribution in [0.4, 0.5) is 26.3 Å². The molecule has 0 rings (SSSR count). The van der Waals surface area contributed by atoms with Gasteiger partial charge in [0.15, 0.2) is 20.0 Å². The Labute approximate surface area is 201 Å². The minimum absolute atomic E-state index is 0.0534. The van der Waals surface area contributed by atoms with E-state index in [1.165, 1.54) is 0 Å². The predicted octanol–water partition coefficient (Wildman–Crippen LogP) is 3.57. The molecule has 35 heavy (non-hydrogen) atoms.